The molecule has 0 saturated heterocycles. The molecule has 13 heavy (non-hydrogen) atoms. The normalized spacial score (nSPS) is 12.5. The van der Waals surface area contributed by atoms with E-state index in [1.807, 2.05) is 18.2 Å². The molecule has 0 aliphatic rings. The molecule has 0 heterocycles. The zero-order valence-electron chi connectivity index (χ0n) is 7.00. The highest BCUT2D eigenvalue weighted by atomic mass is 127. The molecule has 0 fully saturated rings. The third-order valence-corrected chi connectivity index (χ3v) is 3.18. The Labute approximate surface area is 100 Å². The Morgan fingerprint density at radius 3 is 2.92 bits per heavy atom. The summed E-state index contributed by atoms with van der Waals surface area (Å²) in [5.41, 5.74) is 0.954. The fourth-order valence-electron chi connectivity index (χ4n) is 1.05. The molecule has 1 rings (SSSR count). The third kappa shape index (κ3) is 3.07. The van der Waals surface area contributed by atoms with Crippen molar-refractivity contribution >= 4 is 38.5 Å². The van der Waals surface area contributed by atoms with Gasteiger partial charge in [0.25, 0.3) is 0 Å². The molecular formula is C10H10BrIO. The predicted molar refractivity (Wildman–Crippen MR) is 66.6 cm³/mol. The zero-order valence-corrected chi connectivity index (χ0v) is 10.7. The van der Waals surface area contributed by atoms with Crippen LogP contribution in [-0.2, 0) is 0 Å². The van der Waals surface area contributed by atoms with Gasteiger partial charge in [-0.15, -0.1) is 6.58 Å². The predicted octanol–water partition coefficient (Wildman–Crippen LogP) is 3.66. The molecule has 0 radical (unpaired) electrons. The number of hydrogen-bond donors (Lipinski definition) is 1. The molecule has 0 saturated carbocycles. The third-order valence-electron chi connectivity index (χ3n) is 1.71. The molecule has 1 aromatic rings. The van der Waals surface area contributed by atoms with E-state index in [2.05, 4.69) is 45.1 Å². The van der Waals surface area contributed by atoms with Gasteiger partial charge in [-0.2, -0.15) is 0 Å². The molecule has 1 N–H and O–H groups in total. The number of rotatable bonds is 3. The Kier molecular flexibility index (Phi) is 4.41. The first-order chi connectivity index (χ1) is 6.15. The van der Waals surface area contributed by atoms with Crippen molar-refractivity contribution in [2.45, 2.75) is 12.5 Å². The minimum Gasteiger partial charge on any atom is -0.388 e. The molecule has 1 aromatic carbocycles. The van der Waals surface area contributed by atoms with Crippen molar-refractivity contribution in [3.8, 4) is 0 Å². The lowest BCUT2D eigenvalue weighted by Crippen LogP contribution is -1.98. The van der Waals surface area contributed by atoms with Crippen LogP contribution in [0.5, 0.6) is 0 Å². The number of benzene rings is 1. The Balaban J connectivity index is 2.97. The maximum Gasteiger partial charge on any atom is 0.0834 e. The number of halogens is 2. The van der Waals surface area contributed by atoms with Gasteiger partial charge in [0.2, 0.25) is 0 Å². The molecule has 1 atom stereocenters. The second-order valence-corrected chi connectivity index (χ2v) is 4.78. The largest absolute Gasteiger partial charge is 0.388 e. The monoisotopic (exact) mass is 352 g/mol. The highest BCUT2D eigenvalue weighted by Gasteiger charge is 2.09. The minimum atomic E-state index is -0.443. The van der Waals surface area contributed by atoms with Gasteiger partial charge in [0.05, 0.1) is 6.10 Å². The van der Waals surface area contributed by atoms with Crippen molar-refractivity contribution in [2.75, 3.05) is 0 Å². The van der Waals surface area contributed by atoms with Crippen LogP contribution in [0.1, 0.15) is 18.1 Å². The maximum absolute atomic E-state index is 9.73. The zero-order chi connectivity index (χ0) is 9.84. The molecule has 0 aromatic heterocycles. The van der Waals surface area contributed by atoms with Crippen molar-refractivity contribution < 1.29 is 5.11 Å². The van der Waals surface area contributed by atoms with E-state index in [0.717, 1.165) is 13.6 Å². The Morgan fingerprint density at radius 1 is 1.62 bits per heavy atom. The van der Waals surface area contributed by atoms with Gasteiger partial charge in [-0.3, -0.25) is 0 Å². The summed E-state index contributed by atoms with van der Waals surface area (Å²) >= 11 is 5.59. The lowest BCUT2D eigenvalue weighted by Gasteiger charge is -2.10. The quantitative estimate of drug-likeness (QED) is 0.650. The fraction of sp³-hybridized carbons (Fsp3) is 0.200. The number of aliphatic hydroxyl groups is 1. The van der Waals surface area contributed by atoms with Crippen LogP contribution in [0.4, 0.5) is 0 Å². The summed E-state index contributed by atoms with van der Waals surface area (Å²) in [5.74, 6) is 0. The Bertz CT molecular complexity index is 312. The Morgan fingerprint density at radius 2 is 2.31 bits per heavy atom. The summed E-state index contributed by atoms with van der Waals surface area (Å²) in [6, 6.07) is 5.88. The molecule has 0 aliphatic heterocycles. The molecule has 0 aliphatic carbocycles. The van der Waals surface area contributed by atoms with E-state index in [0.29, 0.717) is 6.42 Å². The van der Waals surface area contributed by atoms with Gasteiger partial charge in [-0.05, 0) is 52.8 Å². The summed E-state index contributed by atoms with van der Waals surface area (Å²) in [6.45, 7) is 3.60. The van der Waals surface area contributed by atoms with E-state index < -0.39 is 6.10 Å². The SMILES string of the molecule is C=CCC(O)c1cc(Br)ccc1I. The van der Waals surface area contributed by atoms with Crippen molar-refractivity contribution in [3.63, 3.8) is 0 Å². The van der Waals surface area contributed by atoms with Crippen LogP contribution in [0.25, 0.3) is 0 Å². The van der Waals surface area contributed by atoms with Crippen LogP contribution in [-0.4, -0.2) is 5.11 Å². The molecule has 3 heteroatoms. The van der Waals surface area contributed by atoms with E-state index in [-0.39, 0.29) is 0 Å². The lowest BCUT2D eigenvalue weighted by molar-refractivity contribution is 0.180. The van der Waals surface area contributed by atoms with Crippen molar-refractivity contribution in [1.82, 2.24) is 0 Å². The first-order valence-corrected chi connectivity index (χ1v) is 5.76. The van der Waals surface area contributed by atoms with Crippen LogP contribution in [0.3, 0.4) is 0 Å². The smallest absolute Gasteiger partial charge is 0.0834 e. The van der Waals surface area contributed by atoms with Gasteiger partial charge in [0.1, 0.15) is 0 Å². The topological polar surface area (TPSA) is 20.2 Å². The average Bonchev–Trinajstić information content (AvgIpc) is 2.09. The molecule has 0 amide bonds. The molecule has 0 bridgehead atoms. The van der Waals surface area contributed by atoms with Crippen molar-refractivity contribution in [2.24, 2.45) is 0 Å². The van der Waals surface area contributed by atoms with Gasteiger partial charge in [0.15, 0.2) is 0 Å². The summed E-state index contributed by atoms with van der Waals surface area (Å²) in [6.07, 6.45) is 1.87. The highest BCUT2D eigenvalue weighted by molar-refractivity contribution is 14.1. The van der Waals surface area contributed by atoms with Crippen LogP contribution < -0.4 is 0 Å². The molecular weight excluding hydrogens is 343 g/mol. The highest BCUT2D eigenvalue weighted by Crippen LogP contribution is 2.25. The van der Waals surface area contributed by atoms with Crippen LogP contribution in [0, 0.1) is 3.57 Å². The summed E-state index contributed by atoms with van der Waals surface area (Å²) in [7, 11) is 0. The van der Waals surface area contributed by atoms with Crippen LogP contribution in [0.15, 0.2) is 35.3 Å². The van der Waals surface area contributed by atoms with E-state index >= 15 is 0 Å². The van der Waals surface area contributed by atoms with Crippen LogP contribution in [0.2, 0.25) is 0 Å². The van der Waals surface area contributed by atoms with Gasteiger partial charge >= 0.3 is 0 Å². The second kappa shape index (κ2) is 5.12. The molecule has 0 spiro atoms. The summed E-state index contributed by atoms with van der Waals surface area (Å²) in [5, 5.41) is 9.73. The Hall–Kier alpha value is 0.130. The second-order valence-electron chi connectivity index (χ2n) is 2.71. The first-order valence-electron chi connectivity index (χ1n) is 3.89. The van der Waals surface area contributed by atoms with Crippen molar-refractivity contribution in [3.05, 3.63) is 44.5 Å². The molecule has 70 valence electrons. The minimum absolute atomic E-state index is 0.443. The number of hydrogen-bond acceptors (Lipinski definition) is 1. The van der Waals surface area contributed by atoms with Gasteiger partial charge in [-0.25, -0.2) is 0 Å². The maximum atomic E-state index is 9.73. The molecule has 1 unspecified atom stereocenters. The standard InChI is InChI=1S/C10H10BrIO/c1-2-3-10(13)8-6-7(11)4-5-9(8)12/h2,4-6,10,13H,1,3H2. The fourth-order valence-corrected chi connectivity index (χ4v) is 2.13. The van der Waals surface area contributed by atoms with Crippen LogP contribution >= 0.6 is 38.5 Å². The van der Waals surface area contributed by atoms with Gasteiger partial charge < -0.3 is 5.11 Å². The summed E-state index contributed by atoms with van der Waals surface area (Å²) in [4.78, 5) is 0. The van der Waals surface area contributed by atoms with Crippen molar-refractivity contribution in [1.29, 1.82) is 0 Å². The van der Waals surface area contributed by atoms with E-state index in [1.165, 1.54) is 0 Å². The van der Waals surface area contributed by atoms with E-state index in [1.54, 1.807) is 6.08 Å². The average molecular weight is 353 g/mol. The van der Waals surface area contributed by atoms with E-state index in [4.69, 9.17) is 0 Å². The van der Waals surface area contributed by atoms with Gasteiger partial charge in [-0.1, -0.05) is 22.0 Å². The number of aliphatic hydroxyl groups excluding tert-OH is 1. The van der Waals surface area contributed by atoms with Gasteiger partial charge in [0, 0.05) is 8.04 Å². The summed E-state index contributed by atoms with van der Waals surface area (Å²) < 4.78 is 2.07. The first kappa shape index (κ1) is 11.2. The lowest BCUT2D eigenvalue weighted by atomic mass is 10.1. The molecule has 1 nitrogen and oxygen atoms in total. The van der Waals surface area contributed by atoms with E-state index in [9.17, 15) is 5.11 Å².